The van der Waals surface area contributed by atoms with Gasteiger partial charge in [0.25, 0.3) is 0 Å². The number of rotatable bonds is 6. The Bertz CT molecular complexity index is 1440. The molecule has 3 N–H and O–H groups in total. The van der Waals surface area contributed by atoms with Crippen molar-refractivity contribution < 1.29 is 0 Å². The number of aromatic nitrogens is 4. The van der Waals surface area contributed by atoms with Crippen molar-refractivity contribution in [1.82, 2.24) is 20.4 Å². The number of benzene rings is 3. The monoisotopic (exact) mass is 445 g/mol. The van der Waals surface area contributed by atoms with Gasteiger partial charge in [-0.1, -0.05) is 60.7 Å². The third-order valence-electron chi connectivity index (χ3n) is 6.67. The van der Waals surface area contributed by atoms with E-state index >= 15 is 0 Å². The summed E-state index contributed by atoms with van der Waals surface area (Å²) in [6.07, 6.45) is 11.2. The summed E-state index contributed by atoms with van der Waals surface area (Å²) >= 11 is 0. The van der Waals surface area contributed by atoms with Gasteiger partial charge >= 0.3 is 0 Å². The molecular formula is C29H27N5. The molecule has 5 heteroatoms. The van der Waals surface area contributed by atoms with E-state index in [9.17, 15) is 0 Å². The quantitative estimate of drug-likeness (QED) is 0.259. The predicted octanol–water partition coefficient (Wildman–Crippen LogP) is 7.19. The molecule has 1 aliphatic carbocycles. The van der Waals surface area contributed by atoms with E-state index < -0.39 is 0 Å². The standard InChI is InChI=1S/C29H27N5/c1-2-7-21(8-3-1)22-12-14-23(15-13-22)26-10-5-11-27-28(26)29(34-33-27)30-17-20-6-4-9-24(16-20)25-18-31-32-19-25/h4-7,9-16,18-19H,1-3,8,17H2,(H,31,32)(H2,30,33,34). The van der Waals surface area contributed by atoms with E-state index in [0.29, 0.717) is 6.54 Å². The first-order chi connectivity index (χ1) is 16.8. The highest BCUT2D eigenvalue weighted by molar-refractivity contribution is 6.02. The normalized spacial score (nSPS) is 13.7. The van der Waals surface area contributed by atoms with Crippen LogP contribution < -0.4 is 5.32 Å². The zero-order chi connectivity index (χ0) is 22.7. The summed E-state index contributed by atoms with van der Waals surface area (Å²) < 4.78 is 0. The Morgan fingerprint density at radius 3 is 2.56 bits per heavy atom. The molecule has 0 aliphatic heterocycles. The van der Waals surface area contributed by atoms with Gasteiger partial charge in [0.05, 0.1) is 17.1 Å². The van der Waals surface area contributed by atoms with Gasteiger partial charge in [-0.3, -0.25) is 10.2 Å². The second-order valence-corrected chi connectivity index (χ2v) is 8.89. The summed E-state index contributed by atoms with van der Waals surface area (Å²) in [6, 6.07) is 23.9. The van der Waals surface area contributed by atoms with Crippen LogP contribution in [0.25, 0.3) is 38.7 Å². The van der Waals surface area contributed by atoms with E-state index in [-0.39, 0.29) is 0 Å². The van der Waals surface area contributed by atoms with Crippen LogP contribution in [0, 0.1) is 0 Å². The lowest BCUT2D eigenvalue weighted by molar-refractivity contribution is 0.742. The van der Waals surface area contributed by atoms with E-state index in [1.807, 2.05) is 12.4 Å². The Balaban J connectivity index is 1.28. The van der Waals surface area contributed by atoms with Crippen LogP contribution in [0.5, 0.6) is 0 Å². The summed E-state index contributed by atoms with van der Waals surface area (Å²) in [4.78, 5) is 0. The molecule has 2 heterocycles. The highest BCUT2D eigenvalue weighted by Gasteiger charge is 2.13. The molecule has 0 saturated carbocycles. The van der Waals surface area contributed by atoms with Gasteiger partial charge in [0.1, 0.15) is 0 Å². The smallest absolute Gasteiger partial charge is 0.156 e. The van der Waals surface area contributed by atoms with Crippen LogP contribution in [-0.4, -0.2) is 20.4 Å². The van der Waals surface area contributed by atoms with Gasteiger partial charge in [0, 0.05) is 18.3 Å². The van der Waals surface area contributed by atoms with Crippen LogP contribution in [0.4, 0.5) is 5.82 Å². The van der Waals surface area contributed by atoms with Gasteiger partial charge in [0.15, 0.2) is 5.82 Å². The lowest BCUT2D eigenvalue weighted by atomic mass is 9.92. The third kappa shape index (κ3) is 4.01. The first-order valence-electron chi connectivity index (χ1n) is 11.9. The molecule has 0 fully saturated rings. The summed E-state index contributed by atoms with van der Waals surface area (Å²) in [5.41, 5.74) is 9.68. The first kappa shape index (κ1) is 20.5. The minimum Gasteiger partial charge on any atom is -0.364 e. The minimum absolute atomic E-state index is 0.688. The topological polar surface area (TPSA) is 69.4 Å². The van der Waals surface area contributed by atoms with E-state index in [4.69, 9.17) is 0 Å². The average molecular weight is 446 g/mol. The predicted molar refractivity (Wildman–Crippen MR) is 139 cm³/mol. The van der Waals surface area contributed by atoms with Gasteiger partial charge in [-0.15, -0.1) is 0 Å². The highest BCUT2D eigenvalue weighted by Crippen LogP contribution is 2.34. The molecule has 0 saturated heterocycles. The van der Waals surface area contributed by atoms with Gasteiger partial charge in [0.2, 0.25) is 0 Å². The number of H-pyrrole nitrogens is 2. The Kier molecular flexibility index (Phi) is 5.44. The molecule has 0 bridgehead atoms. The van der Waals surface area contributed by atoms with Crippen LogP contribution in [-0.2, 0) is 6.54 Å². The number of hydrogen-bond acceptors (Lipinski definition) is 3. The number of anilines is 1. The SMILES string of the molecule is C1=C(c2ccc(-c3cccc4[nH]nc(NCc5cccc(-c6cn[nH]c6)c5)c34)cc2)CCCC1. The Morgan fingerprint density at radius 2 is 1.74 bits per heavy atom. The maximum atomic E-state index is 4.60. The summed E-state index contributed by atoms with van der Waals surface area (Å²) in [5.74, 6) is 0.873. The van der Waals surface area contributed by atoms with E-state index in [2.05, 4.69) is 98.5 Å². The number of allylic oxidation sites excluding steroid dienone is 2. The van der Waals surface area contributed by atoms with Crippen molar-refractivity contribution in [3.05, 3.63) is 96.3 Å². The van der Waals surface area contributed by atoms with Crippen molar-refractivity contribution in [1.29, 1.82) is 0 Å². The third-order valence-corrected chi connectivity index (χ3v) is 6.67. The van der Waals surface area contributed by atoms with Gasteiger partial charge in [-0.05, 0) is 71.2 Å². The van der Waals surface area contributed by atoms with Gasteiger partial charge < -0.3 is 5.32 Å². The van der Waals surface area contributed by atoms with E-state index in [0.717, 1.165) is 27.8 Å². The zero-order valence-corrected chi connectivity index (χ0v) is 19.0. The van der Waals surface area contributed by atoms with Crippen molar-refractivity contribution >= 4 is 22.3 Å². The molecule has 168 valence electrons. The van der Waals surface area contributed by atoms with Crippen molar-refractivity contribution in [3.8, 4) is 22.3 Å². The maximum absolute atomic E-state index is 4.60. The number of hydrogen-bond donors (Lipinski definition) is 3. The largest absolute Gasteiger partial charge is 0.364 e. The number of nitrogens with one attached hydrogen (secondary N) is 3. The average Bonchev–Trinajstić information content (AvgIpc) is 3.59. The van der Waals surface area contributed by atoms with Gasteiger partial charge in [-0.25, -0.2) is 0 Å². The van der Waals surface area contributed by atoms with Crippen molar-refractivity contribution in [2.75, 3.05) is 5.32 Å². The summed E-state index contributed by atoms with van der Waals surface area (Å²) in [7, 11) is 0. The van der Waals surface area contributed by atoms with Crippen LogP contribution >= 0.6 is 0 Å². The van der Waals surface area contributed by atoms with Crippen LogP contribution in [0.3, 0.4) is 0 Å². The molecule has 0 radical (unpaired) electrons. The number of aromatic amines is 2. The fraction of sp³-hybridized carbons (Fsp3) is 0.172. The van der Waals surface area contributed by atoms with Crippen LogP contribution in [0.1, 0.15) is 36.8 Å². The maximum Gasteiger partial charge on any atom is 0.156 e. The molecular weight excluding hydrogens is 418 g/mol. The molecule has 0 atom stereocenters. The second kappa shape index (κ2) is 9.02. The molecule has 34 heavy (non-hydrogen) atoms. The molecule has 6 rings (SSSR count). The Morgan fingerprint density at radius 1 is 0.853 bits per heavy atom. The van der Waals surface area contributed by atoms with Crippen LogP contribution in [0.15, 0.2) is 85.2 Å². The first-order valence-corrected chi connectivity index (χ1v) is 11.9. The lowest BCUT2D eigenvalue weighted by Gasteiger charge is -2.14. The summed E-state index contributed by atoms with van der Waals surface area (Å²) in [6.45, 7) is 0.688. The summed E-state index contributed by atoms with van der Waals surface area (Å²) in [5, 5.41) is 19.4. The van der Waals surface area contributed by atoms with Crippen LogP contribution in [0.2, 0.25) is 0 Å². The Hall–Kier alpha value is -4.12. The van der Waals surface area contributed by atoms with Gasteiger partial charge in [-0.2, -0.15) is 10.2 Å². The number of fused-ring (bicyclic) bond motifs is 1. The minimum atomic E-state index is 0.688. The van der Waals surface area contributed by atoms with E-state index in [1.165, 1.54) is 53.5 Å². The molecule has 3 aromatic carbocycles. The van der Waals surface area contributed by atoms with Crippen molar-refractivity contribution in [3.63, 3.8) is 0 Å². The highest BCUT2D eigenvalue weighted by atomic mass is 15.2. The molecule has 1 aliphatic rings. The lowest BCUT2D eigenvalue weighted by Crippen LogP contribution is -2.00. The second-order valence-electron chi connectivity index (χ2n) is 8.89. The molecule has 0 unspecified atom stereocenters. The van der Waals surface area contributed by atoms with E-state index in [1.54, 1.807) is 0 Å². The van der Waals surface area contributed by atoms with Crippen molar-refractivity contribution in [2.45, 2.75) is 32.2 Å². The molecule has 0 amide bonds. The molecule has 0 spiro atoms. The fourth-order valence-electron chi connectivity index (χ4n) is 4.86. The zero-order valence-electron chi connectivity index (χ0n) is 19.0. The molecule has 5 nitrogen and oxygen atoms in total. The van der Waals surface area contributed by atoms with Crippen molar-refractivity contribution in [2.24, 2.45) is 0 Å². The number of nitrogens with zero attached hydrogens (tertiary/aromatic N) is 2. The molecule has 5 aromatic rings. The fourth-order valence-corrected chi connectivity index (χ4v) is 4.86. The molecule has 2 aromatic heterocycles. The Labute approximate surface area is 198 Å².